The Bertz CT molecular complexity index is 994. The van der Waals surface area contributed by atoms with Crippen molar-refractivity contribution >= 4 is 23.4 Å². The van der Waals surface area contributed by atoms with Gasteiger partial charge in [0.25, 0.3) is 0 Å². The van der Waals surface area contributed by atoms with Crippen LogP contribution in [0.25, 0.3) is 0 Å². The predicted molar refractivity (Wildman–Crippen MR) is 114 cm³/mol. The molecule has 3 amide bonds. The molecule has 2 atom stereocenters. The second-order valence-corrected chi connectivity index (χ2v) is 7.55. The first-order chi connectivity index (χ1) is 14.8. The zero-order valence-corrected chi connectivity index (χ0v) is 17.8. The third kappa shape index (κ3) is 4.93. The third-order valence-corrected chi connectivity index (χ3v) is 5.35. The lowest BCUT2D eigenvalue weighted by atomic mass is 9.89. The van der Waals surface area contributed by atoms with Crippen molar-refractivity contribution in [2.45, 2.75) is 25.8 Å². The van der Waals surface area contributed by atoms with E-state index in [1.807, 2.05) is 19.1 Å². The van der Waals surface area contributed by atoms with Crippen molar-refractivity contribution in [3.63, 3.8) is 0 Å². The minimum absolute atomic E-state index is 0.139. The fourth-order valence-electron chi connectivity index (χ4n) is 3.74. The number of methoxy groups -OCH3 is 2. The fourth-order valence-corrected chi connectivity index (χ4v) is 3.74. The first-order valence-electron chi connectivity index (χ1n) is 9.92. The number of primary amides is 1. The summed E-state index contributed by atoms with van der Waals surface area (Å²) < 4.78 is 10.7. The lowest BCUT2D eigenvalue weighted by Gasteiger charge is -2.38. The Morgan fingerprint density at radius 2 is 1.84 bits per heavy atom. The van der Waals surface area contributed by atoms with Crippen LogP contribution in [0.15, 0.2) is 36.7 Å². The summed E-state index contributed by atoms with van der Waals surface area (Å²) >= 11 is 0. The molecule has 3 rings (SSSR count). The van der Waals surface area contributed by atoms with Gasteiger partial charge in [0.1, 0.15) is 0 Å². The lowest BCUT2D eigenvalue weighted by Crippen LogP contribution is -2.46. The number of carbonyl (C=O) groups is 3. The molecule has 0 aliphatic carbocycles. The number of anilines is 1. The van der Waals surface area contributed by atoms with Gasteiger partial charge in [-0.15, -0.1) is 0 Å². The van der Waals surface area contributed by atoms with E-state index in [1.54, 1.807) is 25.2 Å². The normalized spacial score (nSPS) is 18.2. The number of rotatable bonds is 5. The van der Waals surface area contributed by atoms with Crippen LogP contribution in [0.4, 0.5) is 5.69 Å². The van der Waals surface area contributed by atoms with Crippen LogP contribution >= 0.6 is 0 Å². The summed E-state index contributed by atoms with van der Waals surface area (Å²) in [6.07, 6.45) is 4.28. The molecule has 1 aromatic carbocycles. The molecule has 0 spiro atoms. The Kier molecular flexibility index (Phi) is 6.74. The van der Waals surface area contributed by atoms with Crippen molar-refractivity contribution in [3.05, 3.63) is 47.8 Å². The second-order valence-electron chi connectivity index (χ2n) is 7.55. The second kappa shape index (κ2) is 9.46. The summed E-state index contributed by atoms with van der Waals surface area (Å²) in [5.41, 5.74) is 6.47. The number of carbonyl (C=O) groups excluding carboxylic acids is 3. The number of hydrogen-bond donors (Lipinski definition) is 2. The molecule has 0 saturated carbocycles. The van der Waals surface area contributed by atoms with Gasteiger partial charge in [-0.1, -0.05) is 13.0 Å². The fraction of sp³-hybridized carbons (Fsp3) is 0.364. The molecule has 1 fully saturated rings. The zero-order valence-electron chi connectivity index (χ0n) is 17.8. The van der Waals surface area contributed by atoms with Crippen LogP contribution in [0, 0.1) is 5.92 Å². The Morgan fingerprint density at radius 1 is 1.10 bits per heavy atom. The molecular formula is C22H26N4O5. The molecule has 2 aromatic rings. The number of amides is 3. The van der Waals surface area contributed by atoms with Crippen LogP contribution in [0.5, 0.6) is 11.5 Å². The Morgan fingerprint density at radius 3 is 2.52 bits per heavy atom. The molecule has 1 aromatic heterocycles. The minimum atomic E-state index is -0.803. The third-order valence-electron chi connectivity index (χ3n) is 5.35. The van der Waals surface area contributed by atoms with E-state index in [1.165, 1.54) is 18.5 Å². The van der Waals surface area contributed by atoms with Gasteiger partial charge < -0.3 is 25.4 Å². The number of likely N-dealkylation sites (tertiary alicyclic amines) is 1. The van der Waals surface area contributed by atoms with Gasteiger partial charge in [-0.05, 0) is 42.5 Å². The van der Waals surface area contributed by atoms with Crippen molar-refractivity contribution in [2.75, 3.05) is 26.1 Å². The van der Waals surface area contributed by atoms with Crippen molar-refractivity contribution in [1.82, 2.24) is 9.88 Å². The molecule has 9 nitrogen and oxygen atoms in total. The summed E-state index contributed by atoms with van der Waals surface area (Å²) in [7, 11) is 3.11. The summed E-state index contributed by atoms with van der Waals surface area (Å²) in [5, 5.41) is 2.52. The number of ether oxygens (including phenoxy) is 2. The maximum atomic E-state index is 13.1. The van der Waals surface area contributed by atoms with E-state index in [0.29, 0.717) is 24.5 Å². The molecule has 31 heavy (non-hydrogen) atoms. The van der Waals surface area contributed by atoms with E-state index in [0.717, 1.165) is 12.0 Å². The molecule has 1 aliphatic rings. The van der Waals surface area contributed by atoms with E-state index in [2.05, 4.69) is 10.3 Å². The predicted octanol–water partition coefficient (Wildman–Crippen LogP) is 2.14. The maximum absolute atomic E-state index is 13.1. The average Bonchev–Trinajstić information content (AvgIpc) is 2.78. The Hall–Kier alpha value is -3.62. The molecule has 0 unspecified atom stereocenters. The van der Waals surface area contributed by atoms with E-state index in [4.69, 9.17) is 15.2 Å². The summed E-state index contributed by atoms with van der Waals surface area (Å²) in [6, 6.07) is 6.60. The van der Waals surface area contributed by atoms with Gasteiger partial charge in [0.05, 0.1) is 37.7 Å². The Balaban J connectivity index is 1.83. The van der Waals surface area contributed by atoms with E-state index < -0.39 is 17.7 Å². The van der Waals surface area contributed by atoms with E-state index >= 15 is 0 Å². The van der Waals surface area contributed by atoms with Crippen LogP contribution < -0.4 is 20.5 Å². The summed E-state index contributed by atoms with van der Waals surface area (Å²) in [5.74, 6) is -0.724. The topological polar surface area (TPSA) is 124 Å². The highest BCUT2D eigenvalue weighted by molar-refractivity contribution is 6.39. The molecule has 0 bridgehead atoms. The SMILES string of the molecule is COc1ccc([C@H]2CC[C@H](C)CN2C(=O)C(=O)Nc2cncc(C(N)=O)c2)cc1OC. The highest BCUT2D eigenvalue weighted by atomic mass is 16.5. The lowest BCUT2D eigenvalue weighted by molar-refractivity contribution is -0.146. The quantitative estimate of drug-likeness (QED) is 0.706. The van der Waals surface area contributed by atoms with Gasteiger partial charge in [0.15, 0.2) is 11.5 Å². The minimum Gasteiger partial charge on any atom is -0.493 e. The van der Waals surface area contributed by atoms with Gasteiger partial charge >= 0.3 is 11.8 Å². The molecule has 1 aliphatic heterocycles. The first-order valence-corrected chi connectivity index (χ1v) is 9.92. The number of pyridine rings is 1. The number of piperidine rings is 1. The van der Waals surface area contributed by atoms with Crippen LogP contribution in [-0.2, 0) is 9.59 Å². The number of benzene rings is 1. The molecular weight excluding hydrogens is 400 g/mol. The monoisotopic (exact) mass is 426 g/mol. The van der Waals surface area contributed by atoms with Gasteiger partial charge in [-0.2, -0.15) is 0 Å². The maximum Gasteiger partial charge on any atom is 0.313 e. The van der Waals surface area contributed by atoms with Crippen molar-refractivity contribution in [3.8, 4) is 11.5 Å². The first kappa shape index (κ1) is 22.1. The molecule has 2 heterocycles. The average molecular weight is 426 g/mol. The van der Waals surface area contributed by atoms with Gasteiger partial charge in [-0.3, -0.25) is 19.4 Å². The number of hydrogen-bond acceptors (Lipinski definition) is 6. The number of aromatic nitrogens is 1. The van der Waals surface area contributed by atoms with Gasteiger partial charge in [0, 0.05) is 12.7 Å². The van der Waals surface area contributed by atoms with E-state index in [-0.39, 0.29) is 23.2 Å². The highest BCUT2D eigenvalue weighted by Gasteiger charge is 2.34. The largest absolute Gasteiger partial charge is 0.493 e. The summed E-state index contributed by atoms with van der Waals surface area (Å²) in [4.78, 5) is 42.6. The van der Waals surface area contributed by atoms with Crippen LogP contribution in [-0.4, -0.2) is 48.4 Å². The molecule has 9 heteroatoms. The van der Waals surface area contributed by atoms with Gasteiger partial charge in [0.2, 0.25) is 5.91 Å². The number of nitrogens with two attached hydrogens (primary N) is 1. The number of nitrogens with zero attached hydrogens (tertiary/aromatic N) is 2. The molecule has 164 valence electrons. The summed E-state index contributed by atoms with van der Waals surface area (Å²) in [6.45, 7) is 2.49. The standard InChI is InChI=1S/C22H26N4O5/c1-13-4-6-17(14-5-7-18(30-2)19(9-14)31-3)26(12-13)22(29)21(28)25-16-8-15(20(23)27)10-24-11-16/h5,7-11,13,17H,4,6,12H2,1-3H3,(H2,23,27)(H,25,28)/t13-,17+/m0/s1. The van der Waals surface area contributed by atoms with Crippen molar-refractivity contribution in [2.24, 2.45) is 11.7 Å². The number of nitrogens with one attached hydrogen (secondary N) is 1. The van der Waals surface area contributed by atoms with Crippen LogP contribution in [0.3, 0.4) is 0 Å². The van der Waals surface area contributed by atoms with Crippen LogP contribution in [0.2, 0.25) is 0 Å². The van der Waals surface area contributed by atoms with Crippen molar-refractivity contribution in [1.29, 1.82) is 0 Å². The van der Waals surface area contributed by atoms with Crippen molar-refractivity contribution < 1.29 is 23.9 Å². The molecule has 0 radical (unpaired) electrons. The Labute approximate surface area is 180 Å². The smallest absolute Gasteiger partial charge is 0.313 e. The zero-order chi connectivity index (χ0) is 22.5. The highest BCUT2D eigenvalue weighted by Crippen LogP contribution is 2.37. The molecule has 1 saturated heterocycles. The van der Waals surface area contributed by atoms with E-state index in [9.17, 15) is 14.4 Å². The van der Waals surface area contributed by atoms with Gasteiger partial charge in [-0.25, -0.2) is 0 Å². The van der Waals surface area contributed by atoms with Crippen LogP contribution in [0.1, 0.15) is 41.7 Å². The molecule has 3 N–H and O–H groups in total.